The molecule has 0 amide bonds. The number of unbranched alkanes of at least 4 members (excludes halogenated alkanes) is 1. The normalized spacial score (nSPS) is 11.2. The zero-order valence-corrected chi connectivity index (χ0v) is 16.5. The van der Waals surface area contributed by atoms with E-state index in [1.54, 1.807) is 12.6 Å². The number of ether oxygens (including phenoxy) is 1. The van der Waals surface area contributed by atoms with Gasteiger partial charge in [-0.2, -0.15) is 9.97 Å². The van der Waals surface area contributed by atoms with E-state index in [0.29, 0.717) is 30.2 Å². The summed E-state index contributed by atoms with van der Waals surface area (Å²) in [6.07, 6.45) is 5.13. The second kappa shape index (κ2) is 8.40. The third kappa shape index (κ3) is 4.43. The number of imidazole rings is 1. The molecule has 3 aromatic heterocycles. The van der Waals surface area contributed by atoms with E-state index in [1.165, 1.54) is 0 Å². The minimum absolute atomic E-state index is 0.120. The first-order valence-electron chi connectivity index (χ1n) is 9.26. The minimum Gasteiger partial charge on any atom is -0.480 e. The van der Waals surface area contributed by atoms with Gasteiger partial charge in [-0.05, 0) is 54.8 Å². The lowest BCUT2D eigenvalue weighted by molar-refractivity contribution is 0.185. The van der Waals surface area contributed by atoms with Crippen LogP contribution < -0.4 is 11.1 Å². The van der Waals surface area contributed by atoms with Gasteiger partial charge in [0, 0.05) is 18.5 Å². The van der Waals surface area contributed by atoms with Gasteiger partial charge < -0.3 is 24.8 Å². The number of hydrogen-bond acceptors (Lipinski definition) is 7. The maximum atomic E-state index is 5.88. The van der Waals surface area contributed by atoms with Gasteiger partial charge in [0.15, 0.2) is 17.3 Å². The van der Waals surface area contributed by atoms with Gasteiger partial charge in [-0.15, -0.1) is 0 Å². The average molecular weight is 413 g/mol. The number of hydrogen-bond donors (Lipinski definition) is 2. The number of halogens is 1. The van der Waals surface area contributed by atoms with Gasteiger partial charge >= 0.3 is 0 Å². The van der Waals surface area contributed by atoms with Crippen molar-refractivity contribution >= 4 is 39.6 Å². The highest BCUT2D eigenvalue weighted by molar-refractivity contribution is 6.28. The van der Waals surface area contributed by atoms with Crippen LogP contribution in [-0.2, 0) is 17.8 Å². The van der Waals surface area contributed by atoms with E-state index in [2.05, 4.69) is 32.9 Å². The van der Waals surface area contributed by atoms with Crippen LogP contribution in [-0.4, -0.2) is 26.1 Å². The van der Waals surface area contributed by atoms with E-state index in [-0.39, 0.29) is 11.1 Å². The fourth-order valence-electron chi connectivity index (χ4n) is 3.06. The fourth-order valence-corrected chi connectivity index (χ4v) is 3.23. The zero-order valence-electron chi connectivity index (χ0n) is 15.8. The van der Waals surface area contributed by atoms with Crippen LogP contribution in [0.2, 0.25) is 5.28 Å². The molecule has 4 aromatic rings. The highest BCUT2D eigenvalue weighted by Gasteiger charge is 2.10. The van der Waals surface area contributed by atoms with Crippen molar-refractivity contribution < 1.29 is 9.15 Å². The maximum absolute atomic E-state index is 5.88. The topological polar surface area (TPSA) is 104 Å². The standard InChI is InChI=1S/C20H21ClN6O2/c1-13(23-11-14-4-5-16-15(10-14)6-9-29-16)28-8-3-2-7-27-12-24-17-18(22)25-20(21)26-19(17)27/h4-6,9-10,12,23H,1-3,7-8,11H2,(H2,22,25,26). The Bertz CT molecular complexity index is 1150. The van der Waals surface area contributed by atoms with Crippen LogP contribution in [0.5, 0.6) is 0 Å². The maximum Gasteiger partial charge on any atom is 0.226 e. The first-order valence-corrected chi connectivity index (χ1v) is 9.63. The van der Waals surface area contributed by atoms with E-state index in [0.717, 1.165) is 35.9 Å². The summed E-state index contributed by atoms with van der Waals surface area (Å²) in [7, 11) is 0. The van der Waals surface area contributed by atoms with Crippen LogP contribution in [0.15, 0.2) is 53.7 Å². The van der Waals surface area contributed by atoms with Crippen LogP contribution in [0.25, 0.3) is 22.1 Å². The fraction of sp³-hybridized carbons (Fsp3) is 0.250. The second-order valence-corrected chi connectivity index (χ2v) is 6.95. The summed E-state index contributed by atoms with van der Waals surface area (Å²) < 4.78 is 12.9. The molecule has 29 heavy (non-hydrogen) atoms. The van der Waals surface area contributed by atoms with Crippen molar-refractivity contribution in [3.63, 3.8) is 0 Å². The Hall–Kier alpha value is -3.26. The van der Waals surface area contributed by atoms with Crippen molar-refractivity contribution in [1.29, 1.82) is 0 Å². The number of benzene rings is 1. The lowest BCUT2D eigenvalue weighted by Gasteiger charge is -2.12. The molecular weight excluding hydrogens is 392 g/mol. The SMILES string of the molecule is C=C(NCc1ccc2occc2c1)OCCCCn1cnc2c(N)nc(Cl)nc21. The summed E-state index contributed by atoms with van der Waals surface area (Å²) in [5.41, 5.74) is 9.04. The molecule has 0 spiro atoms. The van der Waals surface area contributed by atoms with Gasteiger partial charge in [0.1, 0.15) is 11.1 Å². The molecule has 4 rings (SSSR count). The summed E-state index contributed by atoms with van der Waals surface area (Å²) in [6, 6.07) is 8.00. The van der Waals surface area contributed by atoms with Crippen LogP contribution in [0.3, 0.4) is 0 Å². The molecule has 0 aliphatic rings. The summed E-state index contributed by atoms with van der Waals surface area (Å²) in [4.78, 5) is 12.4. The van der Waals surface area contributed by atoms with Gasteiger partial charge in [-0.3, -0.25) is 0 Å². The first kappa shape index (κ1) is 19.1. The van der Waals surface area contributed by atoms with E-state index < -0.39 is 0 Å². The molecule has 0 radical (unpaired) electrons. The molecule has 0 aliphatic carbocycles. The number of nitrogens with one attached hydrogen (secondary N) is 1. The molecule has 0 atom stereocenters. The van der Waals surface area contributed by atoms with Gasteiger partial charge in [0.05, 0.1) is 19.2 Å². The molecule has 0 saturated carbocycles. The van der Waals surface area contributed by atoms with Crippen molar-refractivity contribution in [3.05, 3.63) is 60.2 Å². The number of nitrogen functional groups attached to an aromatic ring is 1. The van der Waals surface area contributed by atoms with Crippen LogP contribution in [0.1, 0.15) is 18.4 Å². The summed E-state index contributed by atoms with van der Waals surface area (Å²) in [6.45, 7) is 5.86. The van der Waals surface area contributed by atoms with E-state index in [1.807, 2.05) is 22.8 Å². The van der Waals surface area contributed by atoms with Crippen molar-refractivity contribution in [3.8, 4) is 0 Å². The Labute approximate surface area is 172 Å². The molecule has 9 heteroatoms. The predicted molar refractivity (Wildman–Crippen MR) is 112 cm³/mol. The number of aryl methyl sites for hydroxylation is 1. The Morgan fingerprint density at radius 3 is 3.07 bits per heavy atom. The molecule has 3 N–H and O–H groups in total. The zero-order chi connectivity index (χ0) is 20.2. The lowest BCUT2D eigenvalue weighted by Crippen LogP contribution is -2.15. The van der Waals surface area contributed by atoms with Crippen molar-refractivity contribution in [2.45, 2.75) is 25.9 Å². The molecule has 0 saturated heterocycles. The molecule has 3 heterocycles. The molecule has 0 aliphatic heterocycles. The van der Waals surface area contributed by atoms with E-state index in [9.17, 15) is 0 Å². The number of fused-ring (bicyclic) bond motifs is 2. The lowest BCUT2D eigenvalue weighted by atomic mass is 10.1. The van der Waals surface area contributed by atoms with E-state index >= 15 is 0 Å². The van der Waals surface area contributed by atoms with E-state index in [4.69, 9.17) is 26.5 Å². The first-order chi connectivity index (χ1) is 14.1. The molecule has 150 valence electrons. The third-order valence-corrected chi connectivity index (χ3v) is 4.71. The number of aromatic nitrogens is 4. The molecule has 8 nitrogen and oxygen atoms in total. The molecular formula is C20H21ClN6O2. The van der Waals surface area contributed by atoms with Crippen LogP contribution >= 0.6 is 11.6 Å². The quantitative estimate of drug-likeness (QED) is 0.244. The summed E-state index contributed by atoms with van der Waals surface area (Å²) in [5.74, 6) is 0.842. The number of nitrogens with zero attached hydrogens (tertiary/aromatic N) is 4. The highest BCUT2D eigenvalue weighted by atomic mass is 35.5. The molecule has 0 fully saturated rings. The van der Waals surface area contributed by atoms with Gasteiger partial charge in [-0.1, -0.05) is 6.07 Å². The molecule has 0 bridgehead atoms. The summed E-state index contributed by atoms with van der Waals surface area (Å²) >= 11 is 5.88. The number of furan rings is 1. The second-order valence-electron chi connectivity index (χ2n) is 6.61. The number of nitrogens with two attached hydrogens (primary N) is 1. The van der Waals surface area contributed by atoms with Gasteiger partial charge in [0.2, 0.25) is 5.28 Å². The Balaban J connectivity index is 1.19. The molecule has 0 unspecified atom stereocenters. The highest BCUT2D eigenvalue weighted by Crippen LogP contribution is 2.19. The van der Waals surface area contributed by atoms with Crippen molar-refractivity contribution in [2.24, 2.45) is 0 Å². The monoisotopic (exact) mass is 412 g/mol. The van der Waals surface area contributed by atoms with Gasteiger partial charge in [-0.25, -0.2) is 4.98 Å². The smallest absolute Gasteiger partial charge is 0.226 e. The molecule has 1 aromatic carbocycles. The van der Waals surface area contributed by atoms with Crippen molar-refractivity contribution in [2.75, 3.05) is 12.3 Å². The van der Waals surface area contributed by atoms with Crippen LogP contribution in [0.4, 0.5) is 5.82 Å². The average Bonchev–Trinajstić information content (AvgIpc) is 3.32. The largest absolute Gasteiger partial charge is 0.480 e. The van der Waals surface area contributed by atoms with Gasteiger partial charge in [0.25, 0.3) is 0 Å². The Morgan fingerprint density at radius 1 is 1.28 bits per heavy atom. The number of rotatable bonds is 9. The number of anilines is 1. The predicted octanol–water partition coefficient (Wildman–Crippen LogP) is 3.87. The Morgan fingerprint density at radius 2 is 2.17 bits per heavy atom. The Kier molecular flexibility index (Phi) is 5.53. The van der Waals surface area contributed by atoms with Crippen LogP contribution in [0, 0.1) is 0 Å². The minimum atomic E-state index is 0.120. The van der Waals surface area contributed by atoms with Crippen molar-refractivity contribution in [1.82, 2.24) is 24.8 Å². The summed E-state index contributed by atoms with van der Waals surface area (Å²) in [5, 5.41) is 4.39. The third-order valence-electron chi connectivity index (χ3n) is 4.54.